The van der Waals surface area contributed by atoms with Crippen LogP contribution in [0, 0.1) is 0 Å². The third-order valence-electron chi connectivity index (χ3n) is 3.86. The lowest BCUT2D eigenvalue weighted by atomic mass is 9.87. The summed E-state index contributed by atoms with van der Waals surface area (Å²) in [6.45, 7) is 7.18. The van der Waals surface area contributed by atoms with Crippen molar-refractivity contribution in [2.75, 3.05) is 6.54 Å². The summed E-state index contributed by atoms with van der Waals surface area (Å²) in [5, 5.41) is 3.52. The summed E-state index contributed by atoms with van der Waals surface area (Å²) in [4.78, 5) is 0. The number of nitrogens with two attached hydrogens (primary N) is 1. The van der Waals surface area contributed by atoms with Gasteiger partial charge in [0, 0.05) is 24.2 Å². The van der Waals surface area contributed by atoms with E-state index in [0.29, 0.717) is 5.92 Å². The molecule has 2 nitrogen and oxygen atoms in total. The van der Waals surface area contributed by atoms with Crippen molar-refractivity contribution in [3.8, 4) is 0 Å². The van der Waals surface area contributed by atoms with Crippen LogP contribution >= 0.6 is 0 Å². The SMILES string of the molecule is C=C(CC)C(N)/C=C1\NCCCC1c1ccccc1. The van der Waals surface area contributed by atoms with E-state index in [1.54, 1.807) is 0 Å². The van der Waals surface area contributed by atoms with Gasteiger partial charge in [-0.25, -0.2) is 0 Å². The molecule has 1 aliphatic rings. The van der Waals surface area contributed by atoms with Gasteiger partial charge in [-0.2, -0.15) is 0 Å². The maximum atomic E-state index is 6.18. The molecule has 2 unspecified atom stereocenters. The van der Waals surface area contributed by atoms with E-state index in [4.69, 9.17) is 5.73 Å². The van der Waals surface area contributed by atoms with Crippen molar-refractivity contribution in [3.05, 3.63) is 59.8 Å². The Bertz CT molecular complexity index is 448. The van der Waals surface area contributed by atoms with Crippen molar-refractivity contribution in [1.82, 2.24) is 5.32 Å². The second-order valence-electron chi connectivity index (χ2n) is 5.19. The monoisotopic (exact) mass is 256 g/mol. The molecule has 1 saturated heterocycles. The van der Waals surface area contributed by atoms with Gasteiger partial charge in [0.05, 0.1) is 0 Å². The quantitative estimate of drug-likeness (QED) is 0.811. The van der Waals surface area contributed by atoms with E-state index in [1.165, 1.54) is 24.1 Å². The first-order chi connectivity index (χ1) is 9.22. The van der Waals surface area contributed by atoms with Gasteiger partial charge in [0.1, 0.15) is 0 Å². The van der Waals surface area contributed by atoms with Crippen molar-refractivity contribution in [3.63, 3.8) is 0 Å². The van der Waals surface area contributed by atoms with Crippen LogP contribution < -0.4 is 11.1 Å². The molecule has 1 aromatic rings. The number of nitrogens with one attached hydrogen (secondary N) is 1. The van der Waals surface area contributed by atoms with Crippen LogP contribution in [0.1, 0.15) is 37.7 Å². The lowest BCUT2D eigenvalue weighted by Gasteiger charge is -2.28. The van der Waals surface area contributed by atoms with Gasteiger partial charge < -0.3 is 11.1 Å². The van der Waals surface area contributed by atoms with Crippen LogP contribution in [0.3, 0.4) is 0 Å². The Morgan fingerprint density at radius 1 is 1.47 bits per heavy atom. The summed E-state index contributed by atoms with van der Waals surface area (Å²) in [6.07, 6.45) is 5.48. The van der Waals surface area contributed by atoms with Crippen LogP contribution in [0.4, 0.5) is 0 Å². The molecule has 0 aromatic heterocycles. The van der Waals surface area contributed by atoms with Crippen LogP contribution in [-0.4, -0.2) is 12.6 Å². The van der Waals surface area contributed by atoms with Gasteiger partial charge in [-0.15, -0.1) is 0 Å². The normalized spacial score (nSPS) is 22.8. The van der Waals surface area contributed by atoms with E-state index < -0.39 is 0 Å². The first kappa shape index (κ1) is 13.9. The molecule has 1 aliphatic heterocycles. The highest BCUT2D eigenvalue weighted by molar-refractivity contribution is 5.31. The highest BCUT2D eigenvalue weighted by Gasteiger charge is 2.21. The molecular formula is C17H24N2. The number of rotatable bonds is 4. The van der Waals surface area contributed by atoms with Crippen molar-refractivity contribution < 1.29 is 0 Å². The maximum absolute atomic E-state index is 6.18. The molecular weight excluding hydrogens is 232 g/mol. The first-order valence-electron chi connectivity index (χ1n) is 7.16. The predicted octanol–water partition coefficient (Wildman–Crippen LogP) is 3.33. The minimum atomic E-state index is -0.0446. The van der Waals surface area contributed by atoms with E-state index in [9.17, 15) is 0 Å². The largest absolute Gasteiger partial charge is 0.388 e. The zero-order valence-corrected chi connectivity index (χ0v) is 11.7. The van der Waals surface area contributed by atoms with Gasteiger partial charge in [0.25, 0.3) is 0 Å². The van der Waals surface area contributed by atoms with Crippen molar-refractivity contribution in [2.24, 2.45) is 5.73 Å². The van der Waals surface area contributed by atoms with Crippen molar-refractivity contribution in [2.45, 2.75) is 38.1 Å². The Kier molecular flexibility index (Phi) is 4.80. The lowest BCUT2D eigenvalue weighted by Crippen LogP contribution is -2.30. The highest BCUT2D eigenvalue weighted by Crippen LogP contribution is 2.30. The Labute approximate surface area is 116 Å². The molecule has 0 saturated carbocycles. The summed E-state index contributed by atoms with van der Waals surface area (Å²) in [5.74, 6) is 0.450. The van der Waals surface area contributed by atoms with Crippen LogP contribution in [0.2, 0.25) is 0 Å². The van der Waals surface area contributed by atoms with Gasteiger partial charge in [-0.3, -0.25) is 0 Å². The van der Waals surface area contributed by atoms with E-state index >= 15 is 0 Å². The summed E-state index contributed by atoms with van der Waals surface area (Å²) in [5.41, 5.74) is 9.91. The molecule has 0 radical (unpaired) electrons. The van der Waals surface area contributed by atoms with E-state index in [-0.39, 0.29) is 6.04 Å². The molecule has 2 heteroatoms. The van der Waals surface area contributed by atoms with Crippen molar-refractivity contribution >= 4 is 0 Å². The Morgan fingerprint density at radius 3 is 2.89 bits per heavy atom. The van der Waals surface area contributed by atoms with E-state index in [0.717, 1.165) is 18.5 Å². The summed E-state index contributed by atoms with van der Waals surface area (Å²) < 4.78 is 0. The fourth-order valence-electron chi connectivity index (χ4n) is 2.57. The molecule has 1 heterocycles. The Balaban J connectivity index is 2.21. The molecule has 1 aromatic carbocycles. The van der Waals surface area contributed by atoms with Gasteiger partial charge in [-0.05, 0) is 30.9 Å². The molecule has 2 rings (SSSR count). The lowest BCUT2D eigenvalue weighted by molar-refractivity contribution is 0.525. The molecule has 2 atom stereocenters. The van der Waals surface area contributed by atoms with Crippen LogP contribution in [0.5, 0.6) is 0 Å². The third-order valence-corrected chi connectivity index (χ3v) is 3.86. The fourth-order valence-corrected chi connectivity index (χ4v) is 2.57. The minimum Gasteiger partial charge on any atom is -0.388 e. The highest BCUT2D eigenvalue weighted by atomic mass is 14.9. The zero-order valence-electron chi connectivity index (χ0n) is 11.7. The van der Waals surface area contributed by atoms with Crippen molar-refractivity contribution in [1.29, 1.82) is 0 Å². The molecule has 1 fully saturated rings. The number of piperidine rings is 1. The van der Waals surface area contributed by atoms with Crippen LogP contribution in [0.15, 0.2) is 54.3 Å². The molecule has 0 bridgehead atoms. The molecule has 3 N–H and O–H groups in total. The van der Waals surface area contributed by atoms with Gasteiger partial charge in [0.15, 0.2) is 0 Å². The summed E-state index contributed by atoms with van der Waals surface area (Å²) >= 11 is 0. The van der Waals surface area contributed by atoms with Crippen LogP contribution in [-0.2, 0) is 0 Å². The average Bonchev–Trinajstić information content (AvgIpc) is 2.47. The first-order valence-corrected chi connectivity index (χ1v) is 7.16. The van der Waals surface area contributed by atoms with Gasteiger partial charge in [0.2, 0.25) is 0 Å². The average molecular weight is 256 g/mol. The third kappa shape index (κ3) is 3.48. The number of benzene rings is 1. The predicted molar refractivity (Wildman–Crippen MR) is 81.9 cm³/mol. The molecule has 19 heavy (non-hydrogen) atoms. The second-order valence-corrected chi connectivity index (χ2v) is 5.19. The standard InChI is InChI=1S/C17H24N2/c1-3-13(2)16(18)12-17-15(10-7-11-19-17)14-8-5-4-6-9-14/h4-6,8-9,12,15-16,19H,2-3,7,10-11,18H2,1H3/b17-12-. The molecule has 0 spiro atoms. The zero-order chi connectivity index (χ0) is 13.7. The Hall–Kier alpha value is -1.54. The van der Waals surface area contributed by atoms with E-state index in [1.807, 2.05) is 0 Å². The molecule has 0 amide bonds. The van der Waals surface area contributed by atoms with Gasteiger partial charge in [-0.1, -0.05) is 49.4 Å². The topological polar surface area (TPSA) is 38.0 Å². The van der Waals surface area contributed by atoms with Gasteiger partial charge >= 0.3 is 0 Å². The summed E-state index contributed by atoms with van der Waals surface area (Å²) in [6, 6.07) is 10.6. The minimum absolute atomic E-state index is 0.0446. The number of allylic oxidation sites excluding steroid dienone is 1. The Morgan fingerprint density at radius 2 is 2.21 bits per heavy atom. The van der Waals surface area contributed by atoms with E-state index in [2.05, 4.69) is 55.2 Å². The number of hydrogen-bond acceptors (Lipinski definition) is 2. The second kappa shape index (κ2) is 6.58. The fraction of sp³-hybridized carbons (Fsp3) is 0.412. The smallest absolute Gasteiger partial charge is 0.0457 e. The molecule has 102 valence electrons. The maximum Gasteiger partial charge on any atom is 0.0457 e. The summed E-state index contributed by atoms with van der Waals surface area (Å²) in [7, 11) is 0. The number of hydrogen-bond donors (Lipinski definition) is 2. The van der Waals surface area contributed by atoms with Crippen LogP contribution in [0.25, 0.3) is 0 Å². The molecule has 0 aliphatic carbocycles.